The van der Waals surface area contributed by atoms with Crippen LogP contribution in [-0.2, 0) is 4.79 Å². The molecule has 0 fully saturated rings. The average Bonchev–Trinajstić information content (AvgIpc) is 3.07. The standard InChI is InChI=1S/C24H22O/c1-16-7-9-19(10-8-16)22-14-23(17(2)25)24(15-22)21-12-11-18-5-3-4-6-20(18)13-21/h3-14,22,24H,15H2,1-2H3. The molecule has 1 nitrogen and oxygen atoms in total. The van der Waals surface area contributed by atoms with Gasteiger partial charge in [0.05, 0.1) is 0 Å². The van der Waals surface area contributed by atoms with Crippen LogP contribution >= 0.6 is 0 Å². The maximum absolute atomic E-state index is 12.3. The van der Waals surface area contributed by atoms with Gasteiger partial charge in [0, 0.05) is 11.8 Å². The maximum Gasteiger partial charge on any atom is 0.156 e. The van der Waals surface area contributed by atoms with E-state index < -0.39 is 0 Å². The molecule has 2 atom stereocenters. The van der Waals surface area contributed by atoms with E-state index in [1.54, 1.807) is 6.92 Å². The van der Waals surface area contributed by atoms with Crippen molar-refractivity contribution in [1.82, 2.24) is 0 Å². The Morgan fingerprint density at radius 3 is 2.28 bits per heavy atom. The molecule has 1 aliphatic rings. The molecular weight excluding hydrogens is 304 g/mol. The first-order valence-corrected chi connectivity index (χ1v) is 8.90. The summed E-state index contributed by atoms with van der Waals surface area (Å²) in [7, 11) is 0. The van der Waals surface area contributed by atoms with Crippen molar-refractivity contribution in [2.45, 2.75) is 32.1 Å². The number of aryl methyl sites for hydroxylation is 1. The number of hydrogen-bond acceptors (Lipinski definition) is 1. The minimum atomic E-state index is 0.188. The van der Waals surface area contributed by atoms with Crippen molar-refractivity contribution in [3.05, 3.63) is 95.1 Å². The van der Waals surface area contributed by atoms with Crippen LogP contribution in [0.25, 0.3) is 10.8 Å². The summed E-state index contributed by atoms with van der Waals surface area (Å²) in [6, 6.07) is 23.7. The van der Waals surface area contributed by atoms with E-state index in [9.17, 15) is 4.79 Å². The second-order valence-corrected chi connectivity index (χ2v) is 7.09. The highest BCUT2D eigenvalue weighted by Gasteiger charge is 2.30. The molecule has 2 unspecified atom stereocenters. The van der Waals surface area contributed by atoms with Gasteiger partial charge in [0.1, 0.15) is 0 Å². The molecule has 0 radical (unpaired) electrons. The lowest BCUT2D eigenvalue weighted by molar-refractivity contribution is -0.113. The smallest absolute Gasteiger partial charge is 0.156 e. The number of Topliss-reactive ketones (excluding diaryl/α,β-unsaturated/α-hetero) is 1. The van der Waals surface area contributed by atoms with Crippen molar-refractivity contribution in [1.29, 1.82) is 0 Å². The highest BCUT2D eigenvalue weighted by molar-refractivity contribution is 5.96. The minimum absolute atomic E-state index is 0.188. The van der Waals surface area contributed by atoms with E-state index in [0.29, 0.717) is 5.92 Å². The van der Waals surface area contributed by atoms with E-state index >= 15 is 0 Å². The van der Waals surface area contributed by atoms with Crippen molar-refractivity contribution in [3.63, 3.8) is 0 Å². The molecule has 0 aliphatic heterocycles. The summed E-state index contributed by atoms with van der Waals surface area (Å²) in [6.45, 7) is 3.80. The lowest BCUT2D eigenvalue weighted by Gasteiger charge is -2.16. The number of allylic oxidation sites excluding steroid dienone is 2. The van der Waals surface area contributed by atoms with Gasteiger partial charge in [0.2, 0.25) is 0 Å². The topological polar surface area (TPSA) is 17.1 Å². The fourth-order valence-corrected chi connectivity index (χ4v) is 3.93. The molecule has 3 aromatic carbocycles. The van der Waals surface area contributed by atoms with Gasteiger partial charge in [-0.1, -0.05) is 78.4 Å². The number of hydrogen-bond donors (Lipinski definition) is 0. The van der Waals surface area contributed by atoms with Gasteiger partial charge in [-0.15, -0.1) is 0 Å². The van der Waals surface area contributed by atoms with Gasteiger partial charge in [-0.25, -0.2) is 0 Å². The van der Waals surface area contributed by atoms with Crippen LogP contribution in [0.5, 0.6) is 0 Å². The first kappa shape index (κ1) is 15.8. The van der Waals surface area contributed by atoms with Crippen LogP contribution in [0.4, 0.5) is 0 Å². The first-order chi connectivity index (χ1) is 12.1. The zero-order valence-corrected chi connectivity index (χ0v) is 14.7. The van der Waals surface area contributed by atoms with E-state index in [4.69, 9.17) is 0 Å². The van der Waals surface area contributed by atoms with Gasteiger partial charge >= 0.3 is 0 Å². The van der Waals surface area contributed by atoms with Crippen LogP contribution in [0, 0.1) is 6.92 Å². The maximum atomic E-state index is 12.3. The summed E-state index contributed by atoms with van der Waals surface area (Å²) in [5, 5.41) is 2.48. The highest BCUT2D eigenvalue weighted by Crippen LogP contribution is 2.43. The Kier molecular flexibility index (Phi) is 4.01. The van der Waals surface area contributed by atoms with Crippen LogP contribution in [0.15, 0.2) is 78.4 Å². The Labute approximate surface area is 149 Å². The molecule has 0 bridgehead atoms. The lowest BCUT2D eigenvalue weighted by Crippen LogP contribution is -2.05. The van der Waals surface area contributed by atoms with Crippen LogP contribution in [0.1, 0.15) is 41.9 Å². The fraction of sp³-hybridized carbons (Fsp3) is 0.208. The summed E-state index contributed by atoms with van der Waals surface area (Å²) >= 11 is 0. The number of carbonyl (C=O) groups is 1. The third-order valence-corrected chi connectivity index (χ3v) is 5.33. The molecule has 0 N–H and O–H groups in total. The van der Waals surface area contributed by atoms with Crippen molar-refractivity contribution >= 4 is 16.6 Å². The van der Waals surface area contributed by atoms with E-state index in [-0.39, 0.29) is 11.7 Å². The Balaban J connectivity index is 1.72. The van der Waals surface area contributed by atoms with Crippen molar-refractivity contribution < 1.29 is 4.79 Å². The summed E-state index contributed by atoms with van der Waals surface area (Å²) in [5.74, 6) is 0.692. The molecule has 4 rings (SSSR count). The summed E-state index contributed by atoms with van der Waals surface area (Å²) in [4.78, 5) is 12.3. The Morgan fingerprint density at radius 2 is 1.56 bits per heavy atom. The third kappa shape index (κ3) is 3.02. The largest absolute Gasteiger partial charge is 0.295 e. The Bertz CT molecular complexity index is 963. The molecule has 0 heterocycles. The zero-order chi connectivity index (χ0) is 17.4. The number of ketones is 1. The zero-order valence-electron chi connectivity index (χ0n) is 14.7. The highest BCUT2D eigenvalue weighted by atomic mass is 16.1. The molecule has 0 saturated carbocycles. The molecule has 1 aliphatic carbocycles. The molecule has 25 heavy (non-hydrogen) atoms. The van der Waals surface area contributed by atoms with Gasteiger partial charge in [0.25, 0.3) is 0 Å². The van der Waals surface area contributed by atoms with Crippen molar-refractivity contribution in [3.8, 4) is 0 Å². The average molecular weight is 326 g/mol. The van der Waals surface area contributed by atoms with E-state index in [2.05, 4.69) is 79.7 Å². The van der Waals surface area contributed by atoms with Gasteiger partial charge in [0.15, 0.2) is 5.78 Å². The van der Waals surface area contributed by atoms with Gasteiger partial charge in [-0.05, 0) is 47.7 Å². The predicted octanol–water partition coefficient (Wildman–Crippen LogP) is 5.93. The SMILES string of the molecule is CC(=O)C1=CC(c2ccc(C)cc2)CC1c1ccc2ccccc2c1. The first-order valence-electron chi connectivity index (χ1n) is 8.90. The summed E-state index contributed by atoms with van der Waals surface area (Å²) in [6.07, 6.45) is 3.16. The van der Waals surface area contributed by atoms with E-state index in [1.807, 2.05) is 0 Å². The number of carbonyl (C=O) groups excluding carboxylic acids is 1. The molecule has 0 amide bonds. The second-order valence-electron chi connectivity index (χ2n) is 7.09. The second kappa shape index (κ2) is 6.33. The molecule has 0 aromatic heterocycles. The van der Waals surface area contributed by atoms with Crippen LogP contribution < -0.4 is 0 Å². The van der Waals surface area contributed by atoms with E-state index in [0.717, 1.165) is 12.0 Å². The van der Waals surface area contributed by atoms with Gasteiger partial charge in [-0.2, -0.15) is 0 Å². The molecular formula is C24H22O. The lowest BCUT2D eigenvalue weighted by atomic mass is 9.87. The monoisotopic (exact) mass is 326 g/mol. The van der Waals surface area contributed by atoms with Gasteiger partial charge < -0.3 is 0 Å². The molecule has 0 saturated heterocycles. The van der Waals surface area contributed by atoms with Crippen molar-refractivity contribution in [2.24, 2.45) is 0 Å². The van der Waals surface area contributed by atoms with E-state index in [1.165, 1.54) is 27.5 Å². The third-order valence-electron chi connectivity index (χ3n) is 5.33. The Hall–Kier alpha value is -2.67. The van der Waals surface area contributed by atoms with Crippen LogP contribution in [0.3, 0.4) is 0 Å². The van der Waals surface area contributed by atoms with Crippen molar-refractivity contribution in [2.75, 3.05) is 0 Å². The predicted molar refractivity (Wildman–Crippen MR) is 104 cm³/mol. The normalized spacial score (nSPS) is 19.8. The molecule has 0 spiro atoms. The van der Waals surface area contributed by atoms with Crippen LogP contribution in [0.2, 0.25) is 0 Å². The quantitative estimate of drug-likeness (QED) is 0.582. The molecule has 124 valence electrons. The number of benzene rings is 3. The molecule has 3 aromatic rings. The van der Waals surface area contributed by atoms with Gasteiger partial charge in [-0.3, -0.25) is 4.79 Å². The summed E-state index contributed by atoms with van der Waals surface area (Å²) in [5.41, 5.74) is 4.77. The Morgan fingerprint density at radius 1 is 0.880 bits per heavy atom. The number of fused-ring (bicyclic) bond motifs is 1. The fourth-order valence-electron chi connectivity index (χ4n) is 3.93. The summed E-state index contributed by atoms with van der Waals surface area (Å²) < 4.78 is 0. The van der Waals surface area contributed by atoms with Crippen LogP contribution in [-0.4, -0.2) is 5.78 Å². The minimum Gasteiger partial charge on any atom is -0.295 e. The molecule has 1 heteroatoms. The number of rotatable bonds is 3.